The van der Waals surface area contributed by atoms with E-state index in [4.69, 9.17) is 0 Å². The van der Waals surface area contributed by atoms with Gasteiger partial charge < -0.3 is 5.32 Å². The topological polar surface area (TPSA) is 42.0 Å². The molecular formula is C19H18N2OS. The summed E-state index contributed by atoms with van der Waals surface area (Å²) in [6.07, 6.45) is 2.60. The standard InChI is InChI=1S/C19H18N2OS/c1-3-14-8-4-7-13(2)17(14)21-19(22)15-9-5-11-20-18(15)16-10-6-12-23-16/h4-12H,3H2,1-2H3,(H,21,22). The Morgan fingerprint density at radius 3 is 2.78 bits per heavy atom. The smallest absolute Gasteiger partial charge is 0.257 e. The zero-order chi connectivity index (χ0) is 16.2. The lowest BCUT2D eigenvalue weighted by molar-refractivity contribution is 0.102. The molecule has 0 spiro atoms. The number of nitrogens with zero attached hydrogens (tertiary/aromatic N) is 1. The van der Waals surface area contributed by atoms with E-state index in [1.165, 1.54) is 0 Å². The summed E-state index contributed by atoms with van der Waals surface area (Å²) in [5.74, 6) is -0.120. The Balaban J connectivity index is 1.97. The Labute approximate surface area is 140 Å². The fraction of sp³-hybridized carbons (Fsp3) is 0.158. The number of thiophene rings is 1. The summed E-state index contributed by atoms with van der Waals surface area (Å²) < 4.78 is 0. The van der Waals surface area contributed by atoms with E-state index >= 15 is 0 Å². The number of anilines is 1. The van der Waals surface area contributed by atoms with Gasteiger partial charge in [-0.2, -0.15) is 0 Å². The summed E-state index contributed by atoms with van der Waals surface area (Å²) >= 11 is 1.58. The lowest BCUT2D eigenvalue weighted by Crippen LogP contribution is -2.15. The second-order valence-corrected chi connectivity index (χ2v) is 6.24. The van der Waals surface area contributed by atoms with Gasteiger partial charge in [0, 0.05) is 11.9 Å². The average Bonchev–Trinajstić information content (AvgIpc) is 3.11. The van der Waals surface area contributed by atoms with Crippen molar-refractivity contribution in [3.05, 3.63) is 70.7 Å². The minimum Gasteiger partial charge on any atom is -0.321 e. The summed E-state index contributed by atoms with van der Waals surface area (Å²) in [4.78, 5) is 18.2. The number of amides is 1. The maximum atomic E-state index is 12.8. The minimum atomic E-state index is -0.120. The number of aryl methyl sites for hydroxylation is 2. The quantitative estimate of drug-likeness (QED) is 0.739. The number of hydrogen-bond donors (Lipinski definition) is 1. The molecule has 116 valence electrons. The van der Waals surface area contributed by atoms with Crippen LogP contribution >= 0.6 is 11.3 Å². The highest BCUT2D eigenvalue weighted by atomic mass is 32.1. The Hall–Kier alpha value is -2.46. The maximum Gasteiger partial charge on any atom is 0.257 e. The van der Waals surface area contributed by atoms with Crippen molar-refractivity contribution in [3.63, 3.8) is 0 Å². The number of hydrogen-bond acceptors (Lipinski definition) is 3. The first-order valence-electron chi connectivity index (χ1n) is 7.59. The minimum absolute atomic E-state index is 0.120. The van der Waals surface area contributed by atoms with E-state index in [1.807, 2.05) is 48.7 Å². The second-order valence-electron chi connectivity index (χ2n) is 5.29. The van der Waals surface area contributed by atoms with Crippen molar-refractivity contribution in [2.45, 2.75) is 20.3 Å². The maximum absolute atomic E-state index is 12.8. The number of rotatable bonds is 4. The van der Waals surface area contributed by atoms with Crippen molar-refractivity contribution in [2.24, 2.45) is 0 Å². The normalized spacial score (nSPS) is 10.5. The summed E-state index contributed by atoms with van der Waals surface area (Å²) in [5.41, 5.74) is 4.44. The Kier molecular flexibility index (Phi) is 4.53. The molecule has 1 amide bonds. The lowest BCUT2D eigenvalue weighted by Gasteiger charge is -2.14. The predicted molar refractivity (Wildman–Crippen MR) is 96.1 cm³/mol. The van der Waals surface area contributed by atoms with Gasteiger partial charge in [-0.25, -0.2) is 0 Å². The van der Waals surface area contributed by atoms with Crippen LogP contribution in [-0.4, -0.2) is 10.9 Å². The molecule has 2 aromatic heterocycles. The van der Waals surface area contributed by atoms with Gasteiger partial charge in [0.05, 0.1) is 16.1 Å². The van der Waals surface area contributed by atoms with Crippen molar-refractivity contribution < 1.29 is 4.79 Å². The van der Waals surface area contributed by atoms with Gasteiger partial charge in [-0.1, -0.05) is 31.2 Å². The molecule has 0 saturated heterocycles. The van der Waals surface area contributed by atoms with Crippen LogP contribution in [0.5, 0.6) is 0 Å². The molecule has 0 aliphatic heterocycles. The van der Waals surface area contributed by atoms with Gasteiger partial charge in [0.15, 0.2) is 0 Å². The first-order chi connectivity index (χ1) is 11.2. The molecule has 0 fully saturated rings. The molecule has 4 heteroatoms. The van der Waals surface area contributed by atoms with Crippen molar-refractivity contribution in [1.82, 2.24) is 4.98 Å². The van der Waals surface area contributed by atoms with Crippen molar-refractivity contribution >= 4 is 22.9 Å². The van der Waals surface area contributed by atoms with Crippen LogP contribution in [0.25, 0.3) is 10.6 Å². The summed E-state index contributed by atoms with van der Waals surface area (Å²) in [7, 11) is 0. The zero-order valence-corrected chi connectivity index (χ0v) is 14.0. The molecule has 0 radical (unpaired) electrons. The van der Waals surface area contributed by atoms with E-state index < -0.39 is 0 Å². The average molecular weight is 322 g/mol. The fourth-order valence-electron chi connectivity index (χ4n) is 2.58. The van der Waals surface area contributed by atoms with Gasteiger partial charge in [-0.15, -0.1) is 11.3 Å². The number of aromatic nitrogens is 1. The van der Waals surface area contributed by atoms with Gasteiger partial charge in [0.2, 0.25) is 0 Å². The third kappa shape index (κ3) is 3.17. The number of benzene rings is 1. The van der Waals surface area contributed by atoms with Gasteiger partial charge in [0.1, 0.15) is 0 Å². The number of para-hydroxylation sites is 1. The largest absolute Gasteiger partial charge is 0.321 e. The first kappa shape index (κ1) is 15.4. The third-order valence-corrected chi connectivity index (χ3v) is 4.66. The van der Waals surface area contributed by atoms with Gasteiger partial charge in [-0.3, -0.25) is 9.78 Å². The zero-order valence-electron chi connectivity index (χ0n) is 13.2. The van der Waals surface area contributed by atoms with Gasteiger partial charge in [-0.05, 0) is 48.1 Å². The predicted octanol–water partition coefficient (Wildman–Crippen LogP) is 4.93. The number of carbonyl (C=O) groups is 1. The summed E-state index contributed by atoms with van der Waals surface area (Å²) in [6.45, 7) is 4.10. The van der Waals surface area contributed by atoms with Crippen molar-refractivity contribution in [1.29, 1.82) is 0 Å². The molecule has 0 atom stereocenters. The molecule has 0 aliphatic rings. The molecule has 3 rings (SSSR count). The monoisotopic (exact) mass is 322 g/mol. The van der Waals surface area contributed by atoms with Crippen LogP contribution in [-0.2, 0) is 6.42 Å². The molecule has 3 nitrogen and oxygen atoms in total. The Morgan fingerprint density at radius 1 is 1.17 bits per heavy atom. The van der Waals surface area contributed by atoms with Gasteiger partial charge >= 0.3 is 0 Å². The molecule has 3 aromatic rings. The van der Waals surface area contributed by atoms with E-state index in [1.54, 1.807) is 23.6 Å². The second kappa shape index (κ2) is 6.75. The molecular weight excluding hydrogens is 304 g/mol. The number of nitrogens with one attached hydrogen (secondary N) is 1. The van der Waals surface area contributed by atoms with Crippen molar-refractivity contribution in [3.8, 4) is 10.6 Å². The Bertz CT molecular complexity index is 825. The van der Waals surface area contributed by atoms with E-state index in [0.717, 1.165) is 33.8 Å². The van der Waals surface area contributed by atoms with Gasteiger partial charge in [0.25, 0.3) is 5.91 Å². The molecule has 2 heterocycles. The first-order valence-corrected chi connectivity index (χ1v) is 8.47. The van der Waals surface area contributed by atoms with Crippen LogP contribution in [0, 0.1) is 6.92 Å². The molecule has 23 heavy (non-hydrogen) atoms. The van der Waals surface area contributed by atoms with Crippen LogP contribution in [0.4, 0.5) is 5.69 Å². The molecule has 0 aliphatic carbocycles. The van der Waals surface area contributed by atoms with E-state index in [-0.39, 0.29) is 5.91 Å². The van der Waals surface area contributed by atoms with E-state index in [2.05, 4.69) is 17.2 Å². The van der Waals surface area contributed by atoms with Crippen LogP contribution in [0.3, 0.4) is 0 Å². The van der Waals surface area contributed by atoms with E-state index in [9.17, 15) is 4.79 Å². The number of pyridine rings is 1. The summed E-state index contributed by atoms with van der Waals surface area (Å²) in [5, 5.41) is 5.06. The summed E-state index contributed by atoms with van der Waals surface area (Å²) in [6, 6.07) is 13.6. The Morgan fingerprint density at radius 2 is 2.04 bits per heavy atom. The van der Waals surface area contributed by atoms with Crippen molar-refractivity contribution in [2.75, 3.05) is 5.32 Å². The highest BCUT2D eigenvalue weighted by Gasteiger charge is 2.16. The van der Waals surface area contributed by atoms with Crippen LogP contribution < -0.4 is 5.32 Å². The van der Waals surface area contributed by atoms with Crippen LogP contribution in [0.2, 0.25) is 0 Å². The third-order valence-electron chi connectivity index (χ3n) is 3.79. The molecule has 1 N–H and O–H groups in total. The fourth-order valence-corrected chi connectivity index (χ4v) is 3.32. The molecule has 0 bridgehead atoms. The number of carbonyl (C=O) groups excluding carboxylic acids is 1. The highest BCUT2D eigenvalue weighted by molar-refractivity contribution is 7.13. The van der Waals surface area contributed by atoms with E-state index in [0.29, 0.717) is 5.56 Å². The highest BCUT2D eigenvalue weighted by Crippen LogP contribution is 2.27. The molecule has 0 unspecified atom stereocenters. The van der Waals surface area contributed by atoms with Crippen LogP contribution in [0.15, 0.2) is 54.0 Å². The molecule has 1 aromatic carbocycles. The SMILES string of the molecule is CCc1cccc(C)c1NC(=O)c1cccnc1-c1cccs1. The van der Waals surface area contributed by atoms with Crippen LogP contribution in [0.1, 0.15) is 28.4 Å². The lowest BCUT2D eigenvalue weighted by atomic mass is 10.0. The molecule has 0 saturated carbocycles.